The van der Waals surface area contributed by atoms with E-state index in [0.29, 0.717) is 6.04 Å². The quantitative estimate of drug-likeness (QED) is 0.899. The van der Waals surface area contributed by atoms with E-state index in [4.69, 9.17) is 0 Å². The summed E-state index contributed by atoms with van der Waals surface area (Å²) >= 11 is 0. The number of piperazine rings is 1. The minimum atomic E-state index is 0.147. The molecular weight excluding hydrogens is 234 g/mol. The molecule has 0 radical (unpaired) electrons. The Hall–Kier alpha value is -1.06. The second-order valence-corrected chi connectivity index (χ2v) is 6.56. The lowest BCUT2D eigenvalue weighted by atomic mass is 9.94. The van der Waals surface area contributed by atoms with Crippen LogP contribution in [0.3, 0.4) is 0 Å². The average molecular weight is 261 g/mol. The second-order valence-electron chi connectivity index (χ2n) is 6.56. The van der Waals surface area contributed by atoms with Crippen molar-refractivity contribution in [1.82, 2.24) is 10.2 Å². The Morgan fingerprint density at radius 2 is 1.89 bits per heavy atom. The Bertz CT molecular complexity index is 409. The monoisotopic (exact) mass is 261 g/mol. The van der Waals surface area contributed by atoms with Gasteiger partial charge in [-0.2, -0.15) is 0 Å². The highest BCUT2D eigenvalue weighted by Crippen LogP contribution is 2.29. The van der Waals surface area contributed by atoms with Gasteiger partial charge in [-0.3, -0.25) is 0 Å². The van der Waals surface area contributed by atoms with Crippen LogP contribution >= 0.6 is 0 Å². The Labute approximate surface area is 117 Å². The van der Waals surface area contributed by atoms with E-state index in [9.17, 15) is 0 Å². The van der Waals surface area contributed by atoms with Gasteiger partial charge in [0.15, 0.2) is 0 Å². The summed E-state index contributed by atoms with van der Waals surface area (Å²) in [7, 11) is 4.30. The number of nitrogens with zero attached hydrogens (tertiary/aromatic N) is 2. The number of likely N-dealkylation sites (N-methyl/N-ethyl adjacent to an activating group) is 1. The molecule has 0 spiro atoms. The maximum Gasteiger partial charge on any atom is 0.0547 e. The zero-order valence-electron chi connectivity index (χ0n) is 12.9. The van der Waals surface area contributed by atoms with Crippen LogP contribution in [0.15, 0.2) is 24.3 Å². The van der Waals surface area contributed by atoms with E-state index < -0.39 is 0 Å². The van der Waals surface area contributed by atoms with Gasteiger partial charge in [0.2, 0.25) is 0 Å². The van der Waals surface area contributed by atoms with Gasteiger partial charge in [-0.05, 0) is 47.0 Å². The van der Waals surface area contributed by atoms with E-state index in [2.05, 4.69) is 74.2 Å². The Balaban J connectivity index is 2.30. The standard InChI is InChI=1S/C16H27N3/c1-13-6-8-14(9-7-13)19-15(11-18(4)5)10-17-12-16(19,2)3/h6-9,15,17H,10-12H2,1-5H3. The molecule has 0 bridgehead atoms. The Morgan fingerprint density at radius 3 is 2.47 bits per heavy atom. The van der Waals surface area contributed by atoms with Crippen molar-refractivity contribution in [3.05, 3.63) is 29.8 Å². The fraction of sp³-hybridized carbons (Fsp3) is 0.625. The molecule has 106 valence electrons. The summed E-state index contributed by atoms with van der Waals surface area (Å²) in [6, 6.07) is 9.44. The molecule has 1 unspecified atom stereocenters. The highest BCUT2D eigenvalue weighted by atomic mass is 15.3. The van der Waals surface area contributed by atoms with E-state index in [1.54, 1.807) is 0 Å². The molecule has 1 N–H and O–H groups in total. The van der Waals surface area contributed by atoms with Gasteiger partial charge in [-0.15, -0.1) is 0 Å². The number of rotatable bonds is 3. The van der Waals surface area contributed by atoms with Gasteiger partial charge in [-0.25, -0.2) is 0 Å². The van der Waals surface area contributed by atoms with E-state index in [1.807, 2.05) is 0 Å². The molecule has 0 aromatic heterocycles. The molecular formula is C16H27N3. The van der Waals surface area contributed by atoms with Gasteiger partial charge in [0.25, 0.3) is 0 Å². The van der Waals surface area contributed by atoms with Crippen molar-refractivity contribution >= 4 is 5.69 Å². The summed E-state index contributed by atoms with van der Waals surface area (Å²) in [5, 5.41) is 3.57. The minimum Gasteiger partial charge on any atom is -0.360 e. The van der Waals surface area contributed by atoms with Gasteiger partial charge in [0.1, 0.15) is 0 Å². The van der Waals surface area contributed by atoms with E-state index >= 15 is 0 Å². The van der Waals surface area contributed by atoms with Crippen LogP contribution in [0, 0.1) is 6.92 Å². The molecule has 1 aliphatic rings. The van der Waals surface area contributed by atoms with Gasteiger partial charge in [0, 0.05) is 30.9 Å². The van der Waals surface area contributed by atoms with Crippen LogP contribution in [0.4, 0.5) is 5.69 Å². The van der Waals surface area contributed by atoms with Crippen molar-refractivity contribution in [2.24, 2.45) is 0 Å². The smallest absolute Gasteiger partial charge is 0.0547 e. The fourth-order valence-electron chi connectivity index (χ4n) is 3.05. The van der Waals surface area contributed by atoms with Gasteiger partial charge in [-0.1, -0.05) is 17.7 Å². The molecule has 1 saturated heterocycles. The van der Waals surface area contributed by atoms with Crippen LogP contribution in [0.2, 0.25) is 0 Å². The summed E-state index contributed by atoms with van der Waals surface area (Å²) in [5.41, 5.74) is 2.80. The number of nitrogens with one attached hydrogen (secondary N) is 1. The van der Waals surface area contributed by atoms with Crippen LogP contribution in [0.5, 0.6) is 0 Å². The fourth-order valence-corrected chi connectivity index (χ4v) is 3.05. The number of aryl methyl sites for hydroxylation is 1. The molecule has 3 heteroatoms. The van der Waals surface area contributed by atoms with Gasteiger partial charge in [0.05, 0.1) is 6.04 Å². The molecule has 1 heterocycles. The maximum absolute atomic E-state index is 3.57. The highest BCUT2D eigenvalue weighted by Gasteiger charge is 2.36. The SMILES string of the molecule is Cc1ccc(N2C(CN(C)C)CNCC2(C)C)cc1. The molecule has 1 aliphatic heterocycles. The molecule has 0 aliphatic carbocycles. The predicted molar refractivity (Wildman–Crippen MR) is 82.9 cm³/mol. The first-order chi connectivity index (χ1) is 8.90. The molecule has 2 rings (SSSR count). The maximum atomic E-state index is 3.57. The first-order valence-electron chi connectivity index (χ1n) is 7.11. The molecule has 1 atom stereocenters. The number of hydrogen-bond acceptors (Lipinski definition) is 3. The molecule has 3 nitrogen and oxygen atoms in total. The van der Waals surface area contributed by atoms with Crippen LogP contribution in [-0.2, 0) is 0 Å². The molecule has 1 aromatic rings. The third kappa shape index (κ3) is 3.28. The van der Waals surface area contributed by atoms with Crippen LogP contribution < -0.4 is 10.2 Å². The van der Waals surface area contributed by atoms with Crippen molar-refractivity contribution in [1.29, 1.82) is 0 Å². The van der Waals surface area contributed by atoms with Crippen molar-refractivity contribution in [3.63, 3.8) is 0 Å². The van der Waals surface area contributed by atoms with E-state index in [1.165, 1.54) is 11.3 Å². The molecule has 1 aromatic carbocycles. The normalized spacial score (nSPS) is 22.8. The second kappa shape index (κ2) is 5.51. The summed E-state index contributed by atoms with van der Waals surface area (Å²) in [5.74, 6) is 0. The first kappa shape index (κ1) is 14.4. The Kier molecular flexibility index (Phi) is 4.16. The largest absolute Gasteiger partial charge is 0.360 e. The lowest BCUT2D eigenvalue weighted by Gasteiger charge is -2.50. The zero-order chi connectivity index (χ0) is 14.0. The lowest BCUT2D eigenvalue weighted by molar-refractivity contribution is 0.271. The minimum absolute atomic E-state index is 0.147. The lowest BCUT2D eigenvalue weighted by Crippen LogP contribution is -2.65. The highest BCUT2D eigenvalue weighted by molar-refractivity contribution is 5.52. The topological polar surface area (TPSA) is 18.5 Å². The molecule has 19 heavy (non-hydrogen) atoms. The Morgan fingerprint density at radius 1 is 1.26 bits per heavy atom. The summed E-state index contributed by atoms with van der Waals surface area (Å²) in [6.45, 7) is 9.94. The van der Waals surface area contributed by atoms with Crippen LogP contribution in [0.25, 0.3) is 0 Å². The van der Waals surface area contributed by atoms with Crippen molar-refractivity contribution in [2.75, 3.05) is 38.6 Å². The number of benzene rings is 1. The van der Waals surface area contributed by atoms with Gasteiger partial charge >= 0.3 is 0 Å². The molecule has 0 amide bonds. The molecule has 1 fully saturated rings. The van der Waals surface area contributed by atoms with E-state index in [0.717, 1.165) is 19.6 Å². The summed E-state index contributed by atoms with van der Waals surface area (Å²) < 4.78 is 0. The van der Waals surface area contributed by atoms with Crippen molar-refractivity contribution in [3.8, 4) is 0 Å². The average Bonchev–Trinajstić information content (AvgIpc) is 2.29. The van der Waals surface area contributed by atoms with Crippen molar-refractivity contribution in [2.45, 2.75) is 32.4 Å². The van der Waals surface area contributed by atoms with E-state index in [-0.39, 0.29) is 5.54 Å². The van der Waals surface area contributed by atoms with Crippen LogP contribution in [-0.4, -0.2) is 50.2 Å². The molecule has 0 saturated carbocycles. The third-order valence-corrected chi connectivity index (χ3v) is 3.84. The number of anilines is 1. The first-order valence-corrected chi connectivity index (χ1v) is 7.11. The zero-order valence-corrected chi connectivity index (χ0v) is 12.9. The van der Waals surface area contributed by atoms with Crippen molar-refractivity contribution < 1.29 is 0 Å². The van der Waals surface area contributed by atoms with Crippen LogP contribution in [0.1, 0.15) is 19.4 Å². The summed E-state index contributed by atoms with van der Waals surface area (Å²) in [6.07, 6.45) is 0. The van der Waals surface area contributed by atoms with Gasteiger partial charge < -0.3 is 15.1 Å². The summed E-state index contributed by atoms with van der Waals surface area (Å²) in [4.78, 5) is 4.86. The predicted octanol–water partition coefficient (Wildman–Crippen LogP) is 2.11. The number of hydrogen-bond donors (Lipinski definition) is 1. The third-order valence-electron chi connectivity index (χ3n) is 3.84.